The van der Waals surface area contributed by atoms with Gasteiger partial charge in [-0.25, -0.2) is 4.39 Å². The van der Waals surface area contributed by atoms with Crippen LogP contribution in [0.4, 0.5) is 15.8 Å². The fourth-order valence-corrected chi connectivity index (χ4v) is 3.87. The summed E-state index contributed by atoms with van der Waals surface area (Å²) in [5.74, 6) is -0.745. The van der Waals surface area contributed by atoms with Gasteiger partial charge in [0.05, 0.1) is 21.8 Å². The van der Waals surface area contributed by atoms with Crippen molar-refractivity contribution < 1.29 is 9.18 Å². The Morgan fingerprint density at radius 3 is 2.69 bits per heavy atom. The SMILES string of the molecule is CCN1CCN(c2ccc(NC(=O)c3cc4ncccc4cc3Cl)cc2F)CC1. The van der Waals surface area contributed by atoms with Crippen LogP contribution in [0.5, 0.6) is 0 Å². The molecule has 1 amide bonds. The van der Waals surface area contributed by atoms with Gasteiger partial charge in [-0.05, 0) is 42.9 Å². The molecule has 1 aromatic heterocycles. The maximum atomic E-state index is 14.7. The van der Waals surface area contributed by atoms with Crippen LogP contribution in [0.25, 0.3) is 10.9 Å². The van der Waals surface area contributed by atoms with Gasteiger partial charge < -0.3 is 15.1 Å². The molecule has 1 saturated heterocycles. The fourth-order valence-electron chi connectivity index (χ4n) is 3.61. The molecule has 3 aromatic rings. The van der Waals surface area contributed by atoms with Crippen molar-refractivity contribution in [1.29, 1.82) is 0 Å². The van der Waals surface area contributed by atoms with Gasteiger partial charge in [0.25, 0.3) is 5.91 Å². The first-order valence-electron chi connectivity index (χ1n) is 9.67. The molecule has 0 aliphatic carbocycles. The first-order chi connectivity index (χ1) is 14.0. The Morgan fingerprint density at radius 2 is 1.97 bits per heavy atom. The first-order valence-corrected chi connectivity index (χ1v) is 10.1. The largest absolute Gasteiger partial charge is 0.367 e. The molecule has 5 nitrogen and oxygen atoms in total. The third-order valence-corrected chi connectivity index (χ3v) is 5.61. The number of amides is 1. The Labute approximate surface area is 174 Å². The molecule has 0 bridgehead atoms. The van der Waals surface area contributed by atoms with Gasteiger partial charge in [-0.3, -0.25) is 9.78 Å². The van der Waals surface area contributed by atoms with Gasteiger partial charge in [-0.15, -0.1) is 0 Å². The molecule has 0 spiro atoms. The normalized spacial score (nSPS) is 14.9. The van der Waals surface area contributed by atoms with Crippen molar-refractivity contribution in [3.63, 3.8) is 0 Å². The summed E-state index contributed by atoms with van der Waals surface area (Å²) in [6, 6.07) is 11.8. The van der Waals surface area contributed by atoms with Crippen molar-refractivity contribution in [2.45, 2.75) is 6.92 Å². The lowest BCUT2D eigenvalue weighted by molar-refractivity contribution is 0.102. The predicted molar refractivity (Wildman–Crippen MR) is 115 cm³/mol. The summed E-state index contributed by atoms with van der Waals surface area (Å²) in [5, 5.41) is 3.91. The molecule has 0 radical (unpaired) electrons. The van der Waals surface area contributed by atoms with Gasteiger partial charge in [0.2, 0.25) is 0 Å². The Balaban J connectivity index is 1.50. The van der Waals surface area contributed by atoms with Crippen LogP contribution in [0.3, 0.4) is 0 Å². The van der Waals surface area contributed by atoms with Crippen LogP contribution in [-0.4, -0.2) is 48.5 Å². The van der Waals surface area contributed by atoms with E-state index < -0.39 is 5.91 Å². The highest BCUT2D eigenvalue weighted by atomic mass is 35.5. The third kappa shape index (κ3) is 4.18. The lowest BCUT2D eigenvalue weighted by Gasteiger charge is -2.35. The number of carbonyl (C=O) groups excluding carboxylic acids is 1. The van der Waals surface area contributed by atoms with Gasteiger partial charge in [0.15, 0.2) is 0 Å². The van der Waals surface area contributed by atoms with E-state index in [4.69, 9.17) is 11.6 Å². The quantitative estimate of drug-likeness (QED) is 0.689. The number of hydrogen-bond donors (Lipinski definition) is 1. The lowest BCUT2D eigenvalue weighted by atomic mass is 10.1. The van der Waals surface area contributed by atoms with Crippen LogP contribution in [0.15, 0.2) is 48.7 Å². The minimum atomic E-state index is -0.397. The number of pyridine rings is 1. The third-order valence-electron chi connectivity index (χ3n) is 5.30. The van der Waals surface area contributed by atoms with E-state index >= 15 is 0 Å². The molecule has 7 heteroatoms. The zero-order chi connectivity index (χ0) is 20.4. The monoisotopic (exact) mass is 412 g/mol. The molecule has 1 N–H and O–H groups in total. The highest BCUT2D eigenvalue weighted by Crippen LogP contribution is 2.26. The number of halogens is 2. The van der Waals surface area contributed by atoms with Crippen molar-refractivity contribution in [1.82, 2.24) is 9.88 Å². The second-order valence-electron chi connectivity index (χ2n) is 7.07. The average molecular weight is 413 g/mol. The molecule has 2 heterocycles. The van der Waals surface area contributed by atoms with Crippen LogP contribution in [0.1, 0.15) is 17.3 Å². The van der Waals surface area contributed by atoms with Gasteiger partial charge in [0.1, 0.15) is 5.82 Å². The average Bonchev–Trinajstić information content (AvgIpc) is 2.73. The number of anilines is 2. The molecule has 0 unspecified atom stereocenters. The first kappa shape index (κ1) is 19.6. The van der Waals surface area contributed by atoms with Crippen molar-refractivity contribution in [3.8, 4) is 0 Å². The molecule has 0 atom stereocenters. The van der Waals surface area contributed by atoms with E-state index in [1.807, 2.05) is 17.0 Å². The summed E-state index contributed by atoms with van der Waals surface area (Å²) in [7, 11) is 0. The molecule has 0 saturated carbocycles. The smallest absolute Gasteiger partial charge is 0.257 e. The number of carbonyl (C=O) groups is 1. The second kappa shape index (κ2) is 8.35. The summed E-state index contributed by atoms with van der Waals surface area (Å²) in [5.41, 5.74) is 1.93. The van der Waals surface area contributed by atoms with Crippen LogP contribution in [0.2, 0.25) is 5.02 Å². The number of rotatable bonds is 4. The molecule has 1 aliphatic rings. The van der Waals surface area contributed by atoms with Gasteiger partial charge in [-0.2, -0.15) is 0 Å². The van der Waals surface area contributed by atoms with Crippen LogP contribution >= 0.6 is 11.6 Å². The van der Waals surface area contributed by atoms with Crippen molar-refractivity contribution >= 4 is 39.8 Å². The Bertz CT molecular complexity index is 1050. The number of hydrogen-bond acceptors (Lipinski definition) is 4. The van der Waals surface area contributed by atoms with E-state index in [1.54, 1.807) is 30.5 Å². The molecule has 29 heavy (non-hydrogen) atoms. The van der Waals surface area contributed by atoms with Gasteiger partial charge in [-0.1, -0.05) is 24.6 Å². The summed E-state index contributed by atoms with van der Waals surface area (Å²) < 4.78 is 14.7. The predicted octanol–water partition coefficient (Wildman–Crippen LogP) is 4.42. The molecule has 1 fully saturated rings. The van der Waals surface area contributed by atoms with Crippen LogP contribution < -0.4 is 10.2 Å². The molecule has 4 rings (SSSR count). The van der Waals surface area contributed by atoms with Crippen molar-refractivity contribution in [2.24, 2.45) is 0 Å². The molecule has 1 aliphatic heterocycles. The van der Waals surface area contributed by atoms with E-state index in [9.17, 15) is 9.18 Å². The molecular weight excluding hydrogens is 391 g/mol. The van der Waals surface area contributed by atoms with E-state index in [2.05, 4.69) is 22.1 Å². The number of fused-ring (bicyclic) bond motifs is 1. The Morgan fingerprint density at radius 1 is 1.17 bits per heavy atom. The maximum absolute atomic E-state index is 14.7. The van der Waals surface area contributed by atoms with E-state index in [0.717, 1.165) is 38.1 Å². The molecular formula is C22H22ClFN4O. The number of nitrogens with zero attached hydrogens (tertiary/aromatic N) is 3. The highest BCUT2D eigenvalue weighted by Gasteiger charge is 2.19. The molecule has 150 valence electrons. The van der Waals surface area contributed by atoms with Gasteiger partial charge >= 0.3 is 0 Å². The topological polar surface area (TPSA) is 48.5 Å². The molecule has 2 aromatic carbocycles. The summed E-state index contributed by atoms with van der Waals surface area (Å²) >= 11 is 6.27. The van der Waals surface area contributed by atoms with E-state index in [0.29, 0.717) is 27.5 Å². The van der Waals surface area contributed by atoms with Crippen molar-refractivity contribution in [3.05, 3.63) is 65.1 Å². The highest BCUT2D eigenvalue weighted by molar-refractivity contribution is 6.35. The minimum Gasteiger partial charge on any atom is -0.367 e. The number of likely N-dealkylation sites (N-methyl/N-ethyl adjacent to an activating group) is 1. The summed E-state index contributed by atoms with van der Waals surface area (Å²) in [6.45, 7) is 6.55. The van der Waals surface area contributed by atoms with E-state index in [1.165, 1.54) is 6.07 Å². The summed E-state index contributed by atoms with van der Waals surface area (Å²) in [6.07, 6.45) is 1.66. The summed E-state index contributed by atoms with van der Waals surface area (Å²) in [4.78, 5) is 21.3. The minimum absolute atomic E-state index is 0.304. The standard InChI is InChI=1S/C22H22ClFN4O/c1-2-27-8-10-28(11-9-27)21-6-5-16(13-19(21)24)26-22(29)17-14-20-15(12-18(17)23)4-3-7-25-20/h3-7,12-14H,2,8-11H2,1H3,(H,26,29). The Kier molecular flexibility index (Phi) is 5.65. The zero-order valence-corrected chi connectivity index (χ0v) is 16.9. The number of piperazine rings is 1. The zero-order valence-electron chi connectivity index (χ0n) is 16.2. The van der Waals surface area contributed by atoms with Gasteiger partial charge in [0, 0.05) is 43.4 Å². The second-order valence-corrected chi connectivity index (χ2v) is 7.48. The number of nitrogens with one attached hydrogen (secondary N) is 1. The maximum Gasteiger partial charge on any atom is 0.257 e. The number of benzene rings is 2. The van der Waals surface area contributed by atoms with Crippen LogP contribution in [0, 0.1) is 5.82 Å². The lowest BCUT2D eigenvalue weighted by Crippen LogP contribution is -2.46. The number of aromatic nitrogens is 1. The van der Waals surface area contributed by atoms with Crippen LogP contribution in [-0.2, 0) is 0 Å². The van der Waals surface area contributed by atoms with Crippen molar-refractivity contribution in [2.75, 3.05) is 42.9 Å². The van der Waals surface area contributed by atoms with E-state index in [-0.39, 0.29) is 5.82 Å². The Hall–Kier alpha value is -2.70. The fraction of sp³-hybridized carbons (Fsp3) is 0.273.